The van der Waals surface area contributed by atoms with Gasteiger partial charge in [0.05, 0.1) is 4.90 Å². The number of hydrogen-bond acceptors (Lipinski definition) is 5. The van der Waals surface area contributed by atoms with Gasteiger partial charge in [-0.05, 0) is 68.4 Å². The molecule has 0 saturated carbocycles. The third-order valence-corrected chi connectivity index (χ3v) is 6.85. The summed E-state index contributed by atoms with van der Waals surface area (Å²) in [6.07, 6.45) is 2.17. The summed E-state index contributed by atoms with van der Waals surface area (Å²) in [6.45, 7) is 2.73. The SMILES string of the molecule is CC(=O)Nc1ccc(S(=O)(=O)NCC(c2ccc3c(c2)CCCN3C)N(C)C)cc1. The van der Waals surface area contributed by atoms with E-state index in [2.05, 4.69) is 40.2 Å². The molecule has 30 heavy (non-hydrogen) atoms. The number of carbonyl (C=O) groups excluding carboxylic acids is 1. The molecule has 8 heteroatoms. The number of fused-ring (bicyclic) bond motifs is 1. The van der Waals surface area contributed by atoms with Gasteiger partial charge < -0.3 is 15.1 Å². The topological polar surface area (TPSA) is 81.7 Å². The molecule has 1 unspecified atom stereocenters. The maximum absolute atomic E-state index is 12.8. The summed E-state index contributed by atoms with van der Waals surface area (Å²) in [5, 5.41) is 2.63. The smallest absolute Gasteiger partial charge is 0.240 e. The van der Waals surface area contributed by atoms with Crippen LogP contribution in [0.4, 0.5) is 11.4 Å². The molecule has 0 spiro atoms. The highest BCUT2D eigenvalue weighted by atomic mass is 32.2. The lowest BCUT2D eigenvalue weighted by atomic mass is 9.96. The van der Waals surface area contributed by atoms with Gasteiger partial charge in [0.15, 0.2) is 0 Å². The monoisotopic (exact) mass is 430 g/mol. The Morgan fingerprint density at radius 3 is 2.50 bits per heavy atom. The zero-order chi connectivity index (χ0) is 21.9. The van der Waals surface area contributed by atoms with Crippen molar-refractivity contribution in [1.82, 2.24) is 9.62 Å². The first-order valence-electron chi connectivity index (χ1n) is 10.0. The van der Waals surface area contributed by atoms with Gasteiger partial charge in [-0.3, -0.25) is 4.79 Å². The average Bonchev–Trinajstić information content (AvgIpc) is 2.68. The molecule has 2 aromatic carbocycles. The van der Waals surface area contributed by atoms with Crippen LogP contribution in [0.2, 0.25) is 0 Å². The fraction of sp³-hybridized carbons (Fsp3) is 0.409. The second-order valence-electron chi connectivity index (χ2n) is 7.95. The van der Waals surface area contributed by atoms with E-state index in [0.29, 0.717) is 5.69 Å². The zero-order valence-electron chi connectivity index (χ0n) is 18.0. The molecule has 2 aromatic rings. The van der Waals surface area contributed by atoms with Crippen LogP contribution >= 0.6 is 0 Å². The molecule has 1 aliphatic rings. The molecule has 0 bridgehead atoms. The number of nitrogens with zero attached hydrogens (tertiary/aromatic N) is 2. The van der Waals surface area contributed by atoms with Crippen LogP contribution in [-0.4, -0.2) is 53.5 Å². The number of sulfonamides is 1. The maximum Gasteiger partial charge on any atom is 0.240 e. The average molecular weight is 431 g/mol. The number of likely N-dealkylation sites (N-methyl/N-ethyl adjacent to an activating group) is 1. The fourth-order valence-electron chi connectivity index (χ4n) is 3.80. The summed E-state index contributed by atoms with van der Waals surface area (Å²) in [4.78, 5) is 15.6. The molecule has 162 valence electrons. The molecule has 1 amide bonds. The lowest BCUT2D eigenvalue weighted by Gasteiger charge is -2.30. The largest absolute Gasteiger partial charge is 0.374 e. The maximum atomic E-state index is 12.8. The molecule has 0 aliphatic carbocycles. The first-order chi connectivity index (χ1) is 14.2. The molecule has 2 N–H and O–H groups in total. The first-order valence-corrected chi connectivity index (χ1v) is 11.5. The molecule has 0 radical (unpaired) electrons. The van der Waals surface area contributed by atoms with E-state index >= 15 is 0 Å². The van der Waals surface area contributed by atoms with Gasteiger partial charge in [-0.2, -0.15) is 0 Å². The van der Waals surface area contributed by atoms with Gasteiger partial charge in [0.2, 0.25) is 15.9 Å². The van der Waals surface area contributed by atoms with Gasteiger partial charge >= 0.3 is 0 Å². The van der Waals surface area contributed by atoms with Crippen molar-refractivity contribution in [2.75, 3.05) is 44.4 Å². The van der Waals surface area contributed by atoms with Crippen LogP contribution in [-0.2, 0) is 21.2 Å². The minimum Gasteiger partial charge on any atom is -0.374 e. The molecule has 1 aliphatic heterocycles. The van der Waals surface area contributed by atoms with Crippen molar-refractivity contribution < 1.29 is 13.2 Å². The van der Waals surface area contributed by atoms with E-state index in [1.807, 2.05) is 19.0 Å². The number of hydrogen-bond donors (Lipinski definition) is 2. The Kier molecular flexibility index (Phi) is 6.80. The number of nitrogens with one attached hydrogen (secondary N) is 2. The van der Waals surface area contributed by atoms with Crippen molar-refractivity contribution in [3.05, 3.63) is 53.6 Å². The molecule has 3 rings (SSSR count). The Morgan fingerprint density at radius 1 is 1.17 bits per heavy atom. The Morgan fingerprint density at radius 2 is 1.87 bits per heavy atom. The van der Waals surface area contributed by atoms with Crippen LogP contribution < -0.4 is 14.9 Å². The highest BCUT2D eigenvalue weighted by Crippen LogP contribution is 2.30. The van der Waals surface area contributed by atoms with Crippen molar-refractivity contribution >= 4 is 27.3 Å². The number of rotatable bonds is 7. The van der Waals surface area contributed by atoms with Crippen LogP contribution in [0.3, 0.4) is 0 Å². The van der Waals surface area contributed by atoms with Crippen LogP contribution in [0.5, 0.6) is 0 Å². The van der Waals surface area contributed by atoms with Crippen LogP contribution in [0, 0.1) is 0 Å². The minimum atomic E-state index is -3.67. The van der Waals surface area contributed by atoms with Crippen molar-refractivity contribution in [2.45, 2.75) is 30.7 Å². The first kappa shape index (κ1) is 22.3. The van der Waals surface area contributed by atoms with E-state index in [0.717, 1.165) is 24.9 Å². The van der Waals surface area contributed by atoms with E-state index in [4.69, 9.17) is 0 Å². The second kappa shape index (κ2) is 9.16. The summed E-state index contributed by atoms with van der Waals surface area (Å²) in [5.74, 6) is -0.200. The van der Waals surface area contributed by atoms with E-state index in [1.165, 1.54) is 30.3 Å². The third kappa shape index (κ3) is 5.19. The number of benzene rings is 2. The lowest BCUT2D eigenvalue weighted by Crippen LogP contribution is -2.34. The van der Waals surface area contributed by atoms with E-state index in [9.17, 15) is 13.2 Å². The highest BCUT2D eigenvalue weighted by Gasteiger charge is 2.22. The fourth-order valence-corrected chi connectivity index (χ4v) is 4.84. The van der Waals surface area contributed by atoms with Crippen molar-refractivity contribution in [1.29, 1.82) is 0 Å². The predicted octanol–water partition coefficient (Wildman–Crippen LogP) is 2.61. The van der Waals surface area contributed by atoms with Gasteiger partial charge in [0.1, 0.15) is 0 Å². The summed E-state index contributed by atoms with van der Waals surface area (Å²) in [6, 6.07) is 12.5. The van der Waals surface area contributed by atoms with Gasteiger partial charge in [-0.1, -0.05) is 12.1 Å². The Labute approximate surface area is 179 Å². The van der Waals surface area contributed by atoms with E-state index in [-0.39, 0.29) is 23.4 Å². The molecule has 0 saturated heterocycles. The summed E-state index contributed by atoms with van der Waals surface area (Å²) in [7, 11) is 2.34. The Bertz CT molecular complexity index is 1000. The molecular formula is C22H30N4O3S. The molecule has 1 atom stereocenters. The van der Waals surface area contributed by atoms with E-state index < -0.39 is 10.0 Å². The number of anilines is 2. The summed E-state index contributed by atoms with van der Waals surface area (Å²) in [5.41, 5.74) is 4.22. The van der Waals surface area contributed by atoms with E-state index in [1.54, 1.807) is 12.1 Å². The zero-order valence-corrected chi connectivity index (χ0v) is 18.8. The predicted molar refractivity (Wildman–Crippen MR) is 120 cm³/mol. The Hall–Kier alpha value is -2.42. The van der Waals surface area contributed by atoms with Crippen LogP contribution in [0.25, 0.3) is 0 Å². The van der Waals surface area contributed by atoms with Gasteiger partial charge in [-0.15, -0.1) is 0 Å². The third-order valence-electron chi connectivity index (χ3n) is 5.41. The minimum absolute atomic E-state index is 0.0871. The van der Waals surface area contributed by atoms with Gasteiger partial charge in [0.25, 0.3) is 0 Å². The second-order valence-corrected chi connectivity index (χ2v) is 9.72. The molecule has 0 fully saturated rings. The van der Waals surface area contributed by atoms with Gasteiger partial charge in [0, 0.05) is 44.5 Å². The molecule has 7 nitrogen and oxygen atoms in total. The van der Waals surface area contributed by atoms with Crippen molar-refractivity contribution in [3.8, 4) is 0 Å². The van der Waals surface area contributed by atoms with Gasteiger partial charge in [-0.25, -0.2) is 13.1 Å². The van der Waals surface area contributed by atoms with Crippen molar-refractivity contribution in [3.63, 3.8) is 0 Å². The number of carbonyl (C=O) groups is 1. The molecule has 1 heterocycles. The van der Waals surface area contributed by atoms with Crippen LogP contribution in [0.1, 0.15) is 30.5 Å². The quantitative estimate of drug-likeness (QED) is 0.706. The molecular weight excluding hydrogens is 400 g/mol. The highest BCUT2D eigenvalue weighted by molar-refractivity contribution is 7.89. The molecule has 0 aromatic heterocycles. The standard InChI is InChI=1S/C22H30N4O3S/c1-16(27)24-19-8-10-20(11-9-19)30(28,29)23-15-22(25(2)3)18-7-12-21-17(14-18)6-5-13-26(21)4/h7-12,14,22-23H,5-6,13,15H2,1-4H3,(H,24,27). The Balaban J connectivity index is 1.75. The number of amides is 1. The van der Waals surface area contributed by atoms with Crippen molar-refractivity contribution in [2.24, 2.45) is 0 Å². The normalized spacial score (nSPS) is 15.0. The summed E-state index contributed by atoms with van der Waals surface area (Å²) >= 11 is 0. The summed E-state index contributed by atoms with van der Waals surface area (Å²) < 4.78 is 28.3. The lowest BCUT2D eigenvalue weighted by molar-refractivity contribution is -0.114. The van der Waals surface area contributed by atoms with Crippen LogP contribution in [0.15, 0.2) is 47.4 Å². The number of aryl methyl sites for hydroxylation is 1.